The zero-order chi connectivity index (χ0) is 29.6. The SMILES string of the molecule is CC1(C)c2cc(C(=O)c3ccc(F)cc3)ccc2-c2cc3c(cc21)-c1ccc(C(=O)c2ccc(I)cc2)cc1C3(C)C. The third-order valence-electron chi connectivity index (χ3n) is 9.21. The summed E-state index contributed by atoms with van der Waals surface area (Å²) in [6.07, 6.45) is 0. The molecule has 0 bridgehead atoms. The highest BCUT2D eigenvalue weighted by Crippen LogP contribution is 2.56. The van der Waals surface area contributed by atoms with Crippen molar-refractivity contribution < 1.29 is 14.0 Å². The van der Waals surface area contributed by atoms with Gasteiger partial charge in [0.1, 0.15) is 5.82 Å². The number of carbonyl (C=O) groups is 2. The fraction of sp³-hybridized carbons (Fsp3) is 0.158. The average molecular weight is 663 g/mol. The van der Waals surface area contributed by atoms with E-state index in [1.54, 1.807) is 0 Å². The highest BCUT2D eigenvalue weighted by atomic mass is 127. The van der Waals surface area contributed by atoms with Gasteiger partial charge in [-0.25, -0.2) is 4.39 Å². The Kier molecular flexibility index (Phi) is 5.97. The molecular weight excluding hydrogens is 634 g/mol. The smallest absolute Gasteiger partial charge is 0.193 e. The van der Waals surface area contributed by atoms with Crippen molar-refractivity contribution in [1.29, 1.82) is 0 Å². The lowest BCUT2D eigenvalue weighted by molar-refractivity contribution is 0.103. The van der Waals surface area contributed by atoms with Gasteiger partial charge in [-0.3, -0.25) is 9.59 Å². The summed E-state index contributed by atoms with van der Waals surface area (Å²) in [5, 5.41) is 0. The highest BCUT2D eigenvalue weighted by Gasteiger charge is 2.42. The van der Waals surface area contributed by atoms with E-state index in [0.717, 1.165) is 25.8 Å². The molecule has 0 fully saturated rings. The van der Waals surface area contributed by atoms with Gasteiger partial charge in [0, 0.05) is 36.7 Å². The third kappa shape index (κ3) is 3.95. The number of carbonyl (C=O) groups excluding carboxylic acids is 2. The molecule has 0 heterocycles. The van der Waals surface area contributed by atoms with Gasteiger partial charge in [0.05, 0.1) is 0 Å². The van der Waals surface area contributed by atoms with Crippen LogP contribution < -0.4 is 0 Å². The van der Waals surface area contributed by atoms with Gasteiger partial charge >= 0.3 is 0 Å². The Bertz CT molecular complexity index is 1820. The van der Waals surface area contributed by atoms with Crippen LogP contribution in [-0.2, 0) is 10.8 Å². The Morgan fingerprint density at radius 3 is 1.29 bits per heavy atom. The molecule has 5 aromatic carbocycles. The van der Waals surface area contributed by atoms with Crippen molar-refractivity contribution in [3.8, 4) is 22.3 Å². The molecule has 4 heteroatoms. The largest absolute Gasteiger partial charge is 0.289 e. The molecule has 2 aliphatic rings. The highest BCUT2D eigenvalue weighted by molar-refractivity contribution is 14.1. The van der Waals surface area contributed by atoms with E-state index in [1.165, 1.54) is 46.5 Å². The van der Waals surface area contributed by atoms with Crippen LogP contribution in [0.3, 0.4) is 0 Å². The summed E-state index contributed by atoms with van der Waals surface area (Å²) in [4.78, 5) is 26.6. The third-order valence-corrected chi connectivity index (χ3v) is 9.93. The van der Waals surface area contributed by atoms with Gasteiger partial charge in [-0.2, -0.15) is 0 Å². The first-order valence-electron chi connectivity index (χ1n) is 14.1. The minimum absolute atomic E-state index is 0.0319. The average Bonchev–Trinajstić information content (AvgIpc) is 3.35. The van der Waals surface area contributed by atoms with E-state index in [1.807, 2.05) is 42.5 Å². The summed E-state index contributed by atoms with van der Waals surface area (Å²) < 4.78 is 14.5. The summed E-state index contributed by atoms with van der Waals surface area (Å²) in [6, 6.07) is 30.1. The topological polar surface area (TPSA) is 34.1 Å². The van der Waals surface area contributed by atoms with E-state index in [-0.39, 0.29) is 28.2 Å². The minimum atomic E-state index is -0.358. The molecule has 2 aliphatic carbocycles. The molecule has 0 amide bonds. The number of fused-ring (bicyclic) bond motifs is 6. The van der Waals surface area contributed by atoms with Crippen molar-refractivity contribution in [3.63, 3.8) is 0 Å². The van der Waals surface area contributed by atoms with Crippen LogP contribution in [0.1, 0.15) is 81.8 Å². The van der Waals surface area contributed by atoms with Gasteiger partial charge in [0.2, 0.25) is 0 Å². The van der Waals surface area contributed by atoms with Crippen molar-refractivity contribution in [2.45, 2.75) is 38.5 Å². The van der Waals surface area contributed by atoms with Crippen LogP contribution in [-0.4, -0.2) is 11.6 Å². The lowest BCUT2D eigenvalue weighted by Crippen LogP contribution is -2.17. The van der Waals surface area contributed by atoms with E-state index in [9.17, 15) is 14.0 Å². The molecule has 0 unspecified atom stereocenters. The van der Waals surface area contributed by atoms with Crippen LogP contribution in [0.15, 0.2) is 97.1 Å². The number of rotatable bonds is 4. The summed E-state index contributed by atoms with van der Waals surface area (Å²) in [6.45, 7) is 8.88. The number of hydrogen-bond acceptors (Lipinski definition) is 2. The van der Waals surface area contributed by atoms with Gasteiger partial charge in [-0.1, -0.05) is 52.0 Å². The Balaban J connectivity index is 1.30. The maximum absolute atomic E-state index is 13.4. The number of hydrogen-bond donors (Lipinski definition) is 0. The maximum atomic E-state index is 13.4. The Hall–Kier alpha value is -3.90. The first-order valence-corrected chi connectivity index (χ1v) is 15.1. The lowest BCUT2D eigenvalue weighted by Gasteiger charge is -2.24. The molecule has 2 nitrogen and oxygen atoms in total. The van der Waals surface area contributed by atoms with E-state index in [0.29, 0.717) is 22.3 Å². The van der Waals surface area contributed by atoms with Crippen molar-refractivity contribution in [1.82, 2.24) is 0 Å². The van der Waals surface area contributed by atoms with Crippen LogP contribution in [0, 0.1) is 9.39 Å². The van der Waals surface area contributed by atoms with Crippen molar-refractivity contribution in [2.24, 2.45) is 0 Å². The molecule has 42 heavy (non-hydrogen) atoms. The van der Waals surface area contributed by atoms with E-state index in [2.05, 4.69) is 80.6 Å². The summed E-state index contributed by atoms with van der Waals surface area (Å²) >= 11 is 2.25. The maximum Gasteiger partial charge on any atom is 0.193 e. The van der Waals surface area contributed by atoms with E-state index < -0.39 is 0 Å². The molecule has 0 saturated heterocycles. The molecule has 206 valence electrons. The molecule has 0 atom stereocenters. The Labute approximate surface area is 258 Å². The van der Waals surface area contributed by atoms with Crippen molar-refractivity contribution in [3.05, 3.63) is 151 Å². The molecular formula is C38H28FIO2. The molecule has 0 radical (unpaired) electrons. The van der Waals surface area contributed by atoms with Crippen molar-refractivity contribution in [2.75, 3.05) is 0 Å². The van der Waals surface area contributed by atoms with E-state index >= 15 is 0 Å². The second-order valence-corrected chi connectivity index (χ2v) is 13.6. The predicted octanol–water partition coefficient (Wildman–Crippen LogP) is 9.50. The summed E-state index contributed by atoms with van der Waals surface area (Å²) in [5.41, 5.74) is 11.3. The minimum Gasteiger partial charge on any atom is -0.289 e. The monoisotopic (exact) mass is 662 g/mol. The standard InChI is InChI=1S/C38H28FIO2/c1-37(2)31-17-23(35(41)21-5-11-25(39)12-6-21)9-15-27(31)29-19-34-30(20-33(29)37)28-16-10-24(18-32(28)38(34,3)4)36(42)22-7-13-26(40)14-8-22/h5-20H,1-4H3. The molecule has 0 N–H and O–H groups in total. The Morgan fingerprint density at radius 1 is 0.500 bits per heavy atom. The normalized spacial score (nSPS) is 15.0. The first-order chi connectivity index (χ1) is 20.0. The quantitative estimate of drug-likeness (QED) is 0.142. The number of ketones is 2. The van der Waals surface area contributed by atoms with Crippen LogP contribution >= 0.6 is 22.6 Å². The molecule has 0 aliphatic heterocycles. The van der Waals surface area contributed by atoms with Gasteiger partial charge in [0.25, 0.3) is 0 Å². The summed E-state index contributed by atoms with van der Waals surface area (Å²) in [7, 11) is 0. The van der Waals surface area contributed by atoms with Gasteiger partial charge in [-0.15, -0.1) is 0 Å². The van der Waals surface area contributed by atoms with Crippen LogP contribution in [0.2, 0.25) is 0 Å². The van der Waals surface area contributed by atoms with Crippen LogP contribution in [0.25, 0.3) is 22.3 Å². The van der Waals surface area contributed by atoms with Gasteiger partial charge < -0.3 is 0 Å². The zero-order valence-corrected chi connectivity index (χ0v) is 26.0. The second-order valence-electron chi connectivity index (χ2n) is 12.4. The van der Waals surface area contributed by atoms with Crippen LogP contribution in [0.5, 0.6) is 0 Å². The van der Waals surface area contributed by atoms with Crippen LogP contribution in [0.4, 0.5) is 4.39 Å². The first kappa shape index (κ1) is 27.0. The molecule has 0 aromatic heterocycles. The lowest BCUT2D eigenvalue weighted by atomic mass is 9.79. The van der Waals surface area contributed by atoms with Gasteiger partial charge in [0.15, 0.2) is 11.6 Å². The number of halogens is 2. The molecule has 0 spiro atoms. The fourth-order valence-electron chi connectivity index (χ4n) is 6.78. The van der Waals surface area contributed by atoms with Gasteiger partial charge in [-0.05, 0) is 140 Å². The predicted molar refractivity (Wildman–Crippen MR) is 174 cm³/mol. The second kappa shape index (κ2) is 9.30. The summed E-state index contributed by atoms with van der Waals surface area (Å²) in [5.74, 6) is -0.439. The van der Waals surface area contributed by atoms with E-state index in [4.69, 9.17) is 0 Å². The fourth-order valence-corrected chi connectivity index (χ4v) is 7.14. The number of benzene rings is 5. The zero-order valence-electron chi connectivity index (χ0n) is 23.8. The molecule has 0 saturated carbocycles. The molecule has 7 rings (SSSR count). The molecule has 5 aromatic rings. The van der Waals surface area contributed by atoms with Crippen molar-refractivity contribution >= 4 is 34.2 Å². The Morgan fingerprint density at radius 2 is 0.857 bits per heavy atom.